The van der Waals surface area contributed by atoms with Gasteiger partial charge in [0.2, 0.25) is 0 Å². The van der Waals surface area contributed by atoms with Crippen LogP contribution >= 0.6 is 0 Å². The van der Waals surface area contributed by atoms with E-state index in [9.17, 15) is 9.59 Å². The lowest BCUT2D eigenvalue weighted by atomic mass is 9.85. The molecule has 2 aromatic carbocycles. The van der Waals surface area contributed by atoms with Gasteiger partial charge < -0.3 is 25.2 Å². The summed E-state index contributed by atoms with van der Waals surface area (Å²) < 4.78 is 5.57. The van der Waals surface area contributed by atoms with Crippen molar-refractivity contribution in [2.24, 2.45) is 0 Å². The van der Waals surface area contributed by atoms with E-state index in [1.54, 1.807) is 29.4 Å². The number of nitrogens with one attached hydrogen (secondary N) is 3. The van der Waals surface area contributed by atoms with Crippen LogP contribution in [0.5, 0.6) is 0 Å². The Morgan fingerprint density at radius 3 is 2.38 bits per heavy atom. The second-order valence-corrected chi connectivity index (χ2v) is 12.6. The van der Waals surface area contributed by atoms with Crippen LogP contribution in [0.3, 0.4) is 0 Å². The number of hydrogen-bond donors (Lipinski definition) is 3. The van der Waals surface area contributed by atoms with Crippen molar-refractivity contribution in [3.63, 3.8) is 0 Å². The number of rotatable bonds is 5. The summed E-state index contributed by atoms with van der Waals surface area (Å²) >= 11 is 0. The van der Waals surface area contributed by atoms with Gasteiger partial charge in [0, 0.05) is 54.8 Å². The van der Waals surface area contributed by atoms with Crippen LogP contribution in [0.1, 0.15) is 57.5 Å². The maximum atomic E-state index is 13.5. The van der Waals surface area contributed by atoms with E-state index in [1.807, 2.05) is 51.1 Å². The molecule has 0 radical (unpaired) electrons. The number of aromatic amines is 1. The number of carbonyl (C=O) groups excluding carboxylic acids is 2. The van der Waals surface area contributed by atoms with Crippen LogP contribution in [0.2, 0.25) is 0 Å². The highest BCUT2D eigenvalue weighted by molar-refractivity contribution is 6.08. The minimum Gasteiger partial charge on any atom is -0.444 e. The normalized spacial score (nSPS) is 14.1. The number of nitrogens with zero attached hydrogens (tertiary/aromatic N) is 4. The molecule has 0 bridgehead atoms. The molecular formula is C32H39N7O3. The van der Waals surface area contributed by atoms with Crippen LogP contribution in [-0.2, 0) is 10.2 Å². The van der Waals surface area contributed by atoms with Crippen LogP contribution in [0.15, 0.2) is 60.9 Å². The average Bonchev–Trinajstić information content (AvgIpc) is 3.40. The fourth-order valence-corrected chi connectivity index (χ4v) is 5.00. The zero-order valence-electron chi connectivity index (χ0n) is 25.1. The molecule has 2 amide bonds. The summed E-state index contributed by atoms with van der Waals surface area (Å²) in [6.45, 7) is 14.6. The molecule has 0 atom stereocenters. The number of pyridine rings is 1. The summed E-state index contributed by atoms with van der Waals surface area (Å²) in [5.41, 5.74) is 4.36. The topological polar surface area (TPSA) is 115 Å². The lowest BCUT2D eigenvalue weighted by molar-refractivity contribution is 0.0240. The Morgan fingerprint density at radius 2 is 1.67 bits per heavy atom. The molecule has 2 aromatic heterocycles. The van der Waals surface area contributed by atoms with Crippen molar-refractivity contribution < 1.29 is 14.3 Å². The van der Waals surface area contributed by atoms with Crippen LogP contribution in [0, 0.1) is 0 Å². The molecule has 1 aliphatic rings. The molecule has 10 heteroatoms. The van der Waals surface area contributed by atoms with Crippen LogP contribution in [-0.4, -0.2) is 63.9 Å². The third-order valence-corrected chi connectivity index (χ3v) is 7.09. The predicted molar refractivity (Wildman–Crippen MR) is 167 cm³/mol. The number of amides is 2. The third kappa shape index (κ3) is 6.64. The van der Waals surface area contributed by atoms with E-state index < -0.39 is 5.60 Å². The molecule has 10 nitrogen and oxygen atoms in total. The van der Waals surface area contributed by atoms with Gasteiger partial charge >= 0.3 is 6.09 Å². The van der Waals surface area contributed by atoms with E-state index in [1.165, 1.54) is 5.56 Å². The highest BCUT2D eigenvalue weighted by Gasteiger charge is 2.29. The van der Waals surface area contributed by atoms with Crippen LogP contribution < -0.4 is 15.5 Å². The monoisotopic (exact) mass is 569 g/mol. The molecule has 42 heavy (non-hydrogen) atoms. The summed E-state index contributed by atoms with van der Waals surface area (Å²) in [5, 5.41) is 14.4. The van der Waals surface area contributed by atoms with E-state index in [0.717, 1.165) is 22.3 Å². The molecule has 0 saturated carbocycles. The minimum absolute atomic E-state index is 0.115. The molecule has 3 N–H and O–H groups in total. The van der Waals surface area contributed by atoms with Gasteiger partial charge in [-0.3, -0.25) is 9.89 Å². The van der Waals surface area contributed by atoms with Crippen molar-refractivity contribution >= 4 is 45.8 Å². The minimum atomic E-state index is -0.531. The van der Waals surface area contributed by atoms with Crippen molar-refractivity contribution in [2.75, 3.05) is 41.7 Å². The van der Waals surface area contributed by atoms with Gasteiger partial charge in [0.1, 0.15) is 11.4 Å². The fraction of sp³-hybridized carbons (Fsp3) is 0.375. The Morgan fingerprint density at radius 1 is 0.929 bits per heavy atom. The number of aromatic nitrogens is 3. The van der Waals surface area contributed by atoms with Gasteiger partial charge in [-0.25, -0.2) is 9.78 Å². The summed E-state index contributed by atoms with van der Waals surface area (Å²) in [6, 6.07) is 15.3. The first kappa shape index (κ1) is 28.9. The zero-order valence-corrected chi connectivity index (χ0v) is 25.1. The number of piperazine rings is 1. The van der Waals surface area contributed by atoms with E-state index in [4.69, 9.17) is 4.74 Å². The first-order valence-electron chi connectivity index (χ1n) is 14.2. The molecule has 5 rings (SSSR count). The van der Waals surface area contributed by atoms with Gasteiger partial charge in [-0.05, 0) is 74.2 Å². The summed E-state index contributed by atoms with van der Waals surface area (Å²) in [4.78, 5) is 34.6. The number of anilines is 4. The van der Waals surface area contributed by atoms with Crippen molar-refractivity contribution in [3.05, 3.63) is 72.1 Å². The first-order chi connectivity index (χ1) is 19.9. The Bertz CT molecular complexity index is 1590. The molecular weight excluding hydrogens is 530 g/mol. The molecule has 0 aliphatic carbocycles. The smallest absolute Gasteiger partial charge is 0.410 e. The average molecular weight is 570 g/mol. The maximum Gasteiger partial charge on any atom is 0.410 e. The summed E-state index contributed by atoms with van der Waals surface area (Å²) in [5.74, 6) is 0.191. The summed E-state index contributed by atoms with van der Waals surface area (Å²) in [7, 11) is 0. The van der Waals surface area contributed by atoms with E-state index in [-0.39, 0.29) is 17.4 Å². The van der Waals surface area contributed by atoms with Crippen molar-refractivity contribution in [1.82, 2.24) is 20.1 Å². The van der Waals surface area contributed by atoms with Crippen molar-refractivity contribution in [1.29, 1.82) is 0 Å². The lowest BCUT2D eigenvalue weighted by Gasteiger charge is -2.39. The van der Waals surface area contributed by atoms with E-state index >= 15 is 0 Å². The molecule has 1 aliphatic heterocycles. The number of fused-ring (bicyclic) bond motifs is 1. The molecule has 4 aromatic rings. The highest BCUT2D eigenvalue weighted by atomic mass is 16.6. The Hall–Kier alpha value is -4.60. The molecule has 220 valence electrons. The number of hydrogen-bond acceptors (Lipinski definition) is 7. The van der Waals surface area contributed by atoms with Gasteiger partial charge in [-0.15, -0.1) is 0 Å². The standard InChI is InChI=1S/C32H39N7O3/c1-31(2,3)25-12-11-23(19-27(25)38-14-16-39(17-15-38)30(41)42-32(4,5)6)36-29(40)24-8-7-13-33-28(24)35-22-10-9-21-20-34-37-26(21)18-22/h7-13,18-20H,14-17H2,1-6H3,(H,33,35)(H,34,37)(H,36,40). The molecule has 3 heterocycles. The maximum absolute atomic E-state index is 13.5. The summed E-state index contributed by atoms with van der Waals surface area (Å²) in [6.07, 6.45) is 3.13. The van der Waals surface area contributed by atoms with E-state index in [2.05, 4.69) is 57.6 Å². The molecule has 1 saturated heterocycles. The predicted octanol–water partition coefficient (Wildman–Crippen LogP) is 6.31. The van der Waals surface area contributed by atoms with Gasteiger partial charge in [0.05, 0.1) is 17.3 Å². The Balaban J connectivity index is 1.34. The van der Waals surface area contributed by atoms with Crippen LogP contribution in [0.4, 0.5) is 27.7 Å². The molecule has 1 fully saturated rings. The molecule has 0 spiro atoms. The zero-order chi connectivity index (χ0) is 30.1. The molecule has 0 unspecified atom stereocenters. The van der Waals surface area contributed by atoms with Crippen molar-refractivity contribution in [2.45, 2.75) is 52.6 Å². The Kier molecular flexibility index (Phi) is 7.81. The quantitative estimate of drug-likeness (QED) is 0.258. The van der Waals surface area contributed by atoms with Gasteiger partial charge in [-0.1, -0.05) is 26.8 Å². The number of ether oxygens (including phenoxy) is 1. The first-order valence-corrected chi connectivity index (χ1v) is 14.2. The number of carbonyl (C=O) groups is 2. The SMILES string of the molecule is CC(C)(C)OC(=O)N1CCN(c2cc(NC(=O)c3cccnc3Nc3ccc4cn[nH]c4c3)ccc2C(C)(C)C)CC1. The largest absolute Gasteiger partial charge is 0.444 e. The lowest BCUT2D eigenvalue weighted by Crippen LogP contribution is -2.50. The second kappa shape index (κ2) is 11.3. The van der Waals surface area contributed by atoms with E-state index in [0.29, 0.717) is 43.2 Å². The van der Waals surface area contributed by atoms with Gasteiger partial charge in [0.15, 0.2) is 0 Å². The highest BCUT2D eigenvalue weighted by Crippen LogP contribution is 2.35. The second-order valence-electron chi connectivity index (χ2n) is 12.6. The number of H-pyrrole nitrogens is 1. The van der Waals surface area contributed by atoms with Gasteiger partial charge in [0.25, 0.3) is 5.91 Å². The van der Waals surface area contributed by atoms with Crippen LogP contribution in [0.25, 0.3) is 10.9 Å². The Labute approximate surface area is 246 Å². The van der Waals surface area contributed by atoms with Crippen molar-refractivity contribution in [3.8, 4) is 0 Å². The fourth-order valence-electron chi connectivity index (χ4n) is 5.00. The number of benzene rings is 2. The third-order valence-electron chi connectivity index (χ3n) is 7.09. The van der Waals surface area contributed by atoms with Gasteiger partial charge in [-0.2, -0.15) is 5.10 Å².